The number of nitrogens with one attached hydrogen (secondary N) is 1. The maximum atomic E-state index is 14.1. The smallest absolute Gasteiger partial charge is 0.340 e. The first-order chi connectivity index (χ1) is 21.9. The first-order valence-corrected chi connectivity index (χ1v) is 16.0. The number of nitrogens with zero attached hydrogens (tertiary/aromatic N) is 2. The highest BCUT2D eigenvalue weighted by molar-refractivity contribution is 5.95. The van der Waals surface area contributed by atoms with Crippen LogP contribution in [0.3, 0.4) is 0 Å². The zero-order valence-electron chi connectivity index (χ0n) is 28.8. The summed E-state index contributed by atoms with van der Waals surface area (Å²) < 4.78 is 53.7. The number of amides is 1. The third kappa shape index (κ3) is 8.71. The van der Waals surface area contributed by atoms with Gasteiger partial charge in [-0.1, -0.05) is 26.0 Å². The van der Waals surface area contributed by atoms with Crippen molar-refractivity contribution in [2.24, 2.45) is 5.41 Å². The van der Waals surface area contributed by atoms with E-state index in [1.165, 1.54) is 0 Å². The van der Waals surface area contributed by atoms with Gasteiger partial charge >= 0.3 is 5.97 Å². The molecule has 10 heteroatoms. The van der Waals surface area contributed by atoms with Crippen molar-refractivity contribution >= 4 is 17.6 Å². The molecule has 2 heterocycles. The first-order valence-electron chi connectivity index (χ1n) is 16.0. The zero-order valence-corrected chi connectivity index (χ0v) is 28.8. The van der Waals surface area contributed by atoms with E-state index in [1.54, 1.807) is 38.1 Å². The highest BCUT2D eigenvalue weighted by Crippen LogP contribution is 2.45. The lowest BCUT2D eigenvalue weighted by Crippen LogP contribution is -2.39. The van der Waals surface area contributed by atoms with Crippen molar-refractivity contribution in [1.82, 2.24) is 10.3 Å². The Labute approximate surface area is 275 Å². The summed E-state index contributed by atoms with van der Waals surface area (Å²) in [4.78, 5) is 33.9. The second-order valence-corrected chi connectivity index (χ2v) is 14.3. The summed E-state index contributed by atoms with van der Waals surface area (Å²) in [6, 6.07) is 7.99. The maximum absolute atomic E-state index is 14.1. The van der Waals surface area contributed by atoms with Gasteiger partial charge in [0.1, 0.15) is 17.5 Å². The van der Waals surface area contributed by atoms with Crippen molar-refractivity contribution in [3.63, 3.8) is 0 Å². The number of piperidine rings is 1. The number of carbonyl (C=O) groups excluding carboxylic acids is 2. The van der Waals surface area contributed by atoms with Crippen LogP contribution in [0.25, 0.3) is 11.1 Å². The molecular formula is C37H46F3N3O4. The van der Waals surface area contributed by atoms with Crippen LogP contribution < -0.4 is 10.2 Å². The molecule has 2 aromatic carbocycles. The van der Waals surface area contributed by atoms with Crippen LogP contribution in [0.1, 0.15) is 100 Å². The minimum atomic E-state index is -1.07. The summed E-state index contributed by atoms with van der Waals surface area (Å²) >= 11 is 0. The van der Waals surface area contributed by atoms with Gasteiger partial charge in [-0.3, -0.25) is 9.78 Å². The van der Waals surface area contributed by atoms with E-state index in [4.69, 9.17) is 14.5 Å². The number of pyridine rings is 1. The van der Waals surface area contributed by atoms with Crippen LogP contribution in [0.15, 0.2) is 36.4 Å². The van der Waals surface area contributed by atoms with Gasteiger partial charge in [-0.2, -0.15) is 0 Å². The minimum absolute atomic E-state index is 0.167. The van der Waals surface area contributed by atoms with Crippen LogP contribution in [0, 0.1) is 36.7 Å². The second-order valence-electron chi connectivity index (χ2n) is 14.3. The Morgan fingerprint density at radius 3 is 2.09 bits per heavy atom. The number of anilines is 1. The quantitative estimate of drug-likeness (QED) is 0.235. The fraction of sp³-hybridized carbons (Fsp3) is 0.486. The van der Waals surface area contributed by atoms with Crippen molar-refractivity contribution < 1.29 is 32.2 Å². The first kappa shape index (κ1) is 35.9. The molecule has 0 radical (unpaired) electrons. The Balaban J connectivity index is 1.78. The van der Waals surface area contributed by atoms with Gasteiger partial charge in [0, 0.05) is 65.4 Å². The molecule has 0 saturated carbocycles. The van der Waals surface area contributed by atoms with Crippen molar-refractivity contribution in [3.05, 3.63) is 81.9 Å². The average molecular weight is 654 g/mol. The molecule has 1 saturated heterocycles. The largest absolute Gasteiger partial charge is 0.461 e. The zero-order chi connectivity index (χ0) is 34.8. The van der Waals surface area contributed by atoms with Crippen LogP contribution in [-0.4, -0.2) is 41.7 Å². The minimum Gasteiger partial charge on any atom is -0.461 e. The molecule has 7 nitrogen and oxygen atoms in total. The normalized spacial score (nSPS) is 15.5. The lowest BCUT2D eigenvalue weighted by molar-refractivity contribution is -0.171. The third-order valence-corrected chi connectivity index (χ3v) is 8.28. The Morgan fingerprint density at radius 1 is 0.979 bits per heavy atom. The van der Waals surface area contributed by atoms with Crippen LogP contribution in [0.2, 0.25) is 0 Å². The second kappa shape index (κ2) is 14.1. The average Bonchev–Trinajstić information content (AvgIpc) is 2.94. The number of ether oxygens (including phenoxy) is 2. The molecule has 1 N–H and O–H groups in total. The fourth-order valence-corrected chi connectivity index (χ4v) is 5.84. The number of aromatic nitrogens is 1. The third-order valence-electron chi connectivity index (χ3n) is 8.28. The van der Waals surface area contributed by atoms with E-state index >= 15 is 0 Å². The number of carbonyl (C=O) groups is 2. The fourth-order valence-electron chi connectivity index (χ4n) is 5.84. The van der Waals surface area contributed by atoms with E-state index in [1.807, 2.05) is 34.6 Å². The maximum Gasteiger partial charge on any atom is 0.340 e. The monoisotopic (exact) mass is 653 g/mol. The van der Waals surface area contributed by atoms with Gasteiger partial charge in [0.25, 0.3) is 5.91 Å². The summed E-state index contributed by atoms with van der Waals surface area (Å²) in [7, 11) is 0. The molecule has 47 heavy (non-hydrogen) atoms. The van der Waals surface area contributed by atoms with E-state index in [-0.39, 0.29) is 17.1 Å². The number of halogens is 3. The number of benzene rings is 2. The molecule has 1 aliphatic heterocycles. The Hall–Kier alpha value is -3.92. The predicted octanol–water partition coefficient (Wildman–Crippen LogP) is 8.15. The van der Waals surface area contributed by atoms with E-state index in [0.29, 0.717) is 23.4 Å². The van der Waals surface area contributed by atoms with Gasteiger partial charge in [0.15, 0.2) is 6.10 Å². The SMILES string of the molecule is Cc1nc(C)c([C@H](OC(C)(C)C)C(=O)OC(C)C)c(N2CCC(C)(C)CC2)c1-c1ccc(C(=O)NCc2c(F)cc(F)cc2F)cc1. The lowest BCUT2D eigenvalue weighted by atomic mass is 9.81. The highest BCUT2D eigenvalue weighted by atomic mass is 19.1. The summed E-state index contributed by atoms with van der Waals surface area (Å²) in [6.45, 7) is 18.7. The molecule has 1 atom stereocenters. The van der Waals surface area contributed by atoms with Crippen molar-refractivity contribution in [3.8, 4) is 11.1 Å². The number of aryl methyl sites for hydroxylation is 2. The van der Waals surface area contributed by atoms with Gasteiger partial charge < -0.3 is 19.7 Å². The van der Waals surface area contributed by atoms with Gasteiger partial charge in [0.2, 0.25) is 0 Å². The van der Waals surface area contributed by atoms with E-state index in [0.717, 1.165) is 48.4 Å². The molecule has 1 amide bonds. The molecule has 0 spiro atoms. The summed E-state index contributed by atoms with van der Waals surface area (Å²) in [5.41, 5.74) is 3.83. The molecule has 4 rings (SSSR count). The number of hydrogen-bond acceptors (Lipinski definition) is 6. The van der Waals surface area contributed by atoms with Gasteiger partial charge in [-0.05, 0) is 84.4 Å². The molecule has 1 aliphatic rings. The van der Waals surface area contributed by atoms with Crippen molar-refractivity contribution in [2.75, 3.05) is 18.0 Å². The summed E-state index contributed by atoms with van der Waals surface area (Å²) in [5, 5.41) is 2.51. The Kier molecular flexibility index (Phi) is 10.7. The van der Waals surface area contributed by atoms with E-state index in [2.05, 4.69) is 24.1 Å². The van der Waals surface area contributed by atoms with E-state index in [9.17, 15) is 22.8 Å². The van der Waals surface area contributed by atoms with Gasteiger partial charge in [-0.25, -0.2) is 18.0 Å². The van der Waals surface area contributed by atoms with Crippen molar-refractivity contribution in [2.45, 2.75) is 99.5 Å². The lowest BCUT2D eigenvalue weighted by Gasteiger charge is -2.41. The highest BCUT2D eigenvalue weighted by Gasteiger charge is 2.37. The van der Waals surface area contributed by atoms with Crippen LogP contribution >= 0.6 is 0 Å². The van der Waals surface area contributed by atoms with Gasteiger partial charge in [-0.15, -0.1) is 0 Å². The molecule has 0 aliphatic carbocycles. The summed E-state index contributed by atoms with van der Waals surface area (Å²) in [5.74, 6) is -4.22. The number of hydrogen-bond donors (Lipinski definition) is 1. The van der Waals surface area contributed by atoms with Crippen molar-refractivity contribution in [1.29, 1.82) is 0 Å². The Bertz CT molecular complexity index is 1600. The molecule has 1 aromatic heterocycles. The molecule has 3 aromatic rings. The van der Waals surface area contributed by atoms with Crippen LogP contribution in [0.5, 0.6) is 0 Å². The molecule has 0 bridgehead atoms. The molecule has 1 fully saturated rings. The number of esters is 1. The van der Waals surface area contributed by atoms with Gasteiger partial charge in [0.05, 0.1) is 17.4 Å². The topological polar surface area (TPSA) is 80.8 Å². The molecule has 254 valence electrons. The predicted molar refractivity (Wildman–Crippen MR) is 177 cm³/mol. The van der Waals surface area contributed by atoms with Crippen LogP contribution in [0.4, 0.5) is 18.9 Å². The molecular weight excluding hydrogens is 607 g/mol. The summed E-state index contributed by atoms with van der Waals surface area (Å²) in [6.07, 6.45) is 0.510. The standard InChI is InChI=1S/C37H46F3N3O4/c1-21(2)46-35(45)33(47-36(5,6)7)31-23(4)42-22(3)30(32(31)43-16-14-37(8,9)15-17-43)24-10-12-25(13-11-24)34(44)41-20-27-28(39)18-26(38)19-29(27)40/h10-13,18-19,21,33H,14-17,20H2,1-9H3,(H,41,44)/t33-/m0/s1. The van der Waals surface area contributed by atoms with E-state index < -0.39 is 53.1 Å². The number of rotatable bonds is 9. The molecule has 0 unspecified atom stereocenters. The Morgan fingerprint density at radius 2 is 1.55 bits per heavy atom. The van der Waals surface area contributed by atoms with Crippen LogP contribution in [-0.2, 0) is 20.8 Å².